The molecule has 1 aromatic heterocycles. The molecule has 1 atom stereocenters. The van der Waals surface area contributed by atoms with Crippen LogP contribution in [0, 0.1) is 5.82 Å². The number of nitrogens with one attached hydrogen (secondary N) is 1. The third-order valence-corrected chi connectivity index (χ3v) is 4.62. The van der Waals surface area contributed by atoms with Gasteiger partial charge in [-0.25, -0.2) is 4.39 Å². The quantitative estimate of drug-likeness (QED) is 0.718. The molecular formula is C20H14ClFN2O3. The lowest BCUT2D eigenvalue weighted by Gasteiger charge is -2.30. The number of fused-ring (bicyclic) bond motifs is 1. The van der Waals surface area contributed by atoms with E-state index in [0.29, 0.717) is 21.8 Å². The van der Waals surface area contributed by atoms with Crippen LogP contribution in [-0.4, -0.2) is 23.3 Å². The molecule has 0 fully saturated rings. The van der Waals surface area contributed by atoms with Crippen molar-refractivity contribution in [1.82, 2.24) is 4.90 Å². The number of anilines is 1. The minimum absolute atomic E-state index is 0.111. The molecule has 0 saturated heterocycles. The fourth-order valence-corrected chi connectivity index (χ4v) is 3.39. The summed E-state index contributed by atoms with van der Waals surface area (Å²) < 4.78 is 18.7. The SMILES string of the molecule is O=C1CN(C(=O)c2ccco2)[C@H](c2ccc(F)cc2)c2cc(Cl)ccc2N1. The molecule has 2 heterocycles. The van der Waals surface area contributed by atoms with E-state index in [-0.39, 0.29) is 18.2 Å². The van der Waals surface area contributed by atoms with Gasteiger partial charge in [-0.15, -0.1) is 0 Å². The monoisotopic (exact) mass is 384 g/mol. The van der Waals surface area contributed by atoms with Gasteiger partial charge in [0.05, 0.1) is 12.3 Å². The zero-order valence-corrected chi connectivity index (χ0v) is 14.7. The Labute approximate surface area is 159 Å². The summed E-state index contributed by atoms with van der Waals surface area (Å²) >= 11 is 6.18. The molecule has 27 heavy (non-hydrogen) atoms. The second kappa shape index (κ2) is 6.89. The molecule has 1 N–H and O–H groups in total. The molecule has 0 radical (unpaired) electrons. The van der Waals surface area contributed by atoms with Crippen molar-refractivity contribution in [2.24, 2.45) is 0 Å². The predicted molar refractivity (Wildman–Crippen MR) is 98.1 cm³/mol. The van der Waals surface area contributed by atoms with E-state index in [4.69, 9.17) is 16.0 Å². The Morgan fingerprint density at radius 3 is 2.67 bits per heavy atom. The molecule has 5 nitrogen and oxygen atoms in total. The molecule has 0 aliphatic carbocycles. The van der Waals surface area contributed by atoms with Crippen molar-refractivity contribution >= 4 is 29.1 Å². The molecule has 1 aliphatic heterocycles. The lowest BCUT2D eigenvalue weighted by Crippen LogP contribution is -2.38. The van der Waals surface area contributed by atoms with Gasteiger partial charge in [-0.3, -0.25) is 9.59 Å². The molecule has 3 aromatic rings. The summed E-state index contributed by atoms with van der Waals surface area (Å²) in [7, 11) is 0. The van der Waals surface area contributed by atoms with Gasteiger partial charge >= 0.3 is 0 Å². The molecular weight excluding hydrogens is 371 g/mol. The Kier molecular flexibility index (Phi) is 4.41. The van der Waals surface area contributed by atoms with Crippen LogP contribution in [-0.2, 0) is 4.79 Å². The van der Waals surface area contributed by atoms with Crippen molar-refractivity contribution in [3.63, 3.8) is 0 Å². The Bertz CT molecular complexity index is 1000. The summed E-state index contributed by atoms with van der Waals surface area (Å²) in [5.74, 6) is -1.07. The second-order valence-corrected chi connectivity index (χ2v) is 6.58. The average Bonchev–Trinajstić information content (AvgIpc) is 3.14. The van der Waals surface area contributed by atoms with Crippen molar-refractivity contribution in [3.8, 4) is 0 Å². The van der Waals surface area contributed by atoms with E-state index >= 15 is 0 Å². The Morgan fingerprint density at radius 2 is 1.96 bits per heavy atom. The van der Waals surface area contributed by atoms with Crippen LogP contribution in [0.15, 0.2) is 65.3 Å². The van der Waals surface area contributed by atoms with Crippen molar-refractivity contribution in [2.45, 2.75) is 6.04 Å². The second-order valence-electron chi connectivity index (χ2n) is 6.14. The molecule has 2 aromatic carbocycles. The number of benzene rings is 2. The summed E-state index contributed by atoms with van der Waals surface area (Å²) in [5, 5.41) is 3.26. The van der Waals surface area contributed by atoms with Crippen LogP contribution in [0.25, 0.3) is 0 Å². The van der Waals surface area contributed by atoms with Crippen molar-refractivity contribution in [1.29, 1.82) is 0 Å². The molecule has 136 valence electrons. The maximum atomic E-state index is 13.5. The number of furan rings is 1. The average molecular weight is 385 g/mol. The van der Waals surface area contributed by atoms with E-state index in [1.807, 2.05) is 0 Å². The number of carbonyl (C=O) groups excluding carboxylic acids is 2. The summed E-state index contributed by atoms with van der Waals surface area (Å²) in [6.45, 7) is -0.187. The molecule has 0 unspecified atom stereocenters. The standard InChI is InChI=1S/C20H14ClFN2O3/c21-13-5-8-16-15(10-13)19(12-3-6-14(22)7-4-12)24(11-18(25)23-16)20(26)17-2-1-9-27-17/h1-10,19H,11H2,(H,23,25)/t19-/m1/s1. The van der Waals surface area contributed by atoms with Gasteiger partial charge in [0.1, 0.15) is 12.4 Å². The number of hydrogen-bond donors (Lipinski definition) is 1. The van der Waals surface area contributed by atoms with Crippen LogP contribution in [0.1, 0.15) is 27.7 Å². The highest BCUT2D eigenvalue weighted by atomic mass is 35.5. The largest absolute Gasteiger partial charge is 0.459 e. The summed E-state index contributed by atoms with van der Waals surface area (Å²) in [6, 6.07) is 13.3. The summed E-state index contributed by atoms with van der Waals surface area (Å²) in [4.78, 5) is 26.9. The van der Waals surface area contributed by atoms with Crippen LogP contribution in [0.4, 0.5) is 10.1 Å². The first-order chi connectivity index (χ1) is 13.0. The normalized spacial score (nSPS) is 16.4. The maximum Gasteiger partial charge on any atom is 0.290 e. The molecule has 2 amide bonds. The van der Waals surface area contributed by atoms with Crippen LogP contribution in [0.2, 0.25) is 5.02 Å². The van der Waals surface area contributed by atoms with E-state index in [0.717, 1.165) is 0 Å². The molecule has 4 rings (SSSR count). The smallest absolute Gasteiger partial charge is 0.290 e. The number of amides is 2. The number of nitrogens with zero attached hydrogens (tertiary/aromatic N) is 1. The van der Waals surface area contributed by atoms with E-state index in [2.05, 4.69) is 5.32 Å². The van der Waals surface area contributed by atoms with Gasteiger partial charge in [-0.1, -0.05) is 23.7 Å². The van der Waals surface area contributed by atoms with Crippen molar-refractivity contribution in [2.75, 3.05) is 11.9 Å². The summed E-state index contributed by atoms with van der Waals surface area (Å²) in [6.07, 6.45) is 1.39. The first kappa shape index (κ1) is 17.3. The highest BCUT2D eigenvalue weighted by Crippen LogP contribution is 2.38. The van der Waals surface area contributed by atoms with Crippen LogP contribution < -0.4 is 5.32 Å². The zero-order chi connectivity index (χ0) is 19.0. The van der Waals surface area contributed by atoms with Crippen molar-refractivity contribution < 1.29 is 18.4 Å². The minimum Gasteiger partial charge on any atom is -0.459 e. The zero-order valence-electron chi connectivity index (χ0n) is 14.0. The highest BCUT2D eigenvalue weighted by Gasteiger charge is 2.35. The van der Waals surface area contributed by atoms with Gasteiger partial charge in [0.2, 0.25) is 5.91 Å². The van der Waals surface area contributed by atoms with Gasteiger partial charge in [0.15, 0.2) is 5.76 Å². The minimum atomic E-state index is -0.643. The number of halogens is 2. The fraction of sp³-hybridized carbons (Fsp3) is 0.100. The lowest BCUT2D eigenvalue weighted by molar-refractivity contribution is -0.117. The number of carbonyl (C=O) groups is 2. The molecule has 0 saturated carbocycles. The van der Waals surface area contributed by atoms with Gasteiger partial charge < -0.3 is 14.6 Å². The lowest BCUT2D eigenvalue weighted by atomic mass is 9.95. The van der Waals surface area contributed by atoms with Gasteiger partial charge in [0.25, 0.3) is 5.91 Å². The van der Waals surface area contributed by atoms with Crippen molar-refractivity contribution in [3.05, 3.63) is 88.6 Å². The van der Waals surface area contributed by atoms with Crippen LogP contribution >= 0.6 is 11.6 Å². The molecule has 0 spiro atoms. The van der Waals surface area contributed by atoms with E-state index in [1.54, 1.807) is 36.4 Å². The fourth-order valence-electron chi connectivity index (χ4n) is 3.21. The van der Waals surface area contributed by atoms with Crippen LogP contribution in [0.3, 0.4) is 0 Å². The van der Waals surface area contributed by atoms with Gasteiger partial charge in [-0.05, 0) is 48.0 Å². The molecule has 1 aliphatic rings. The van der Waals surface area contributed by atoms with Gasteiger partial charge in [-0.2, -0.15) is 0 Å². The third kappa shape index (κ3) is 3.31. The first-order valence-corrected chi connectivity index (χ1v) is 8.60. The first-order valence-electron chi connectivity index (χ1n) is 8.22. The van der Waals surface area contributed by atoms with E-state index in [1.165, 1.54) is 29.4 Å². The topological polar surface area (TPSA) is 62.6 Å². The Morgan fingerprint density at radius 1 is 1.19 bits per heavy atom. The summed E-state index contributed by atoms with van der Waals surface area (Å²) in [5.41, 5.74) is 1.84. The van der Waals surface area contributed by atoms with Crippen LogP contribution in [0.5, 0.6) is 0 Å². The third-order valence-electron chi connectivity index (χ3n) is 4.39. The van der Waals surface area contributed by atoms with Gasteiger partial charge in [0, 0.05) is 16.3 Å². The molecule has 7 heteroatoms. The predicted octanol–water partition coefficient (Wildman–Crippen LogP) is 4.26. The number of hydrogen-bond acceptors (Lipinski definition) is 3. The van der Waals surface area contributed by atoms with E-state index in [9.17, 15) is 14.0 Å². The Balaban J connectivity index is 1.90. The Hall–Kier alpha value is -3.12. The number of rotatable bonds is 2. The highest BCUT2D eigenvalue weighted by molar-refractivity contribution is 6.30. The maximum absolute atomic E-state index is 13.5. The van der Waals surface area contributed by atoms with E-state index < -0.39 is 17.8 Å². The molecule has 0 bridgehead atoms.